The maximum Gasteiger partial charge on any atom is 0.329 e. The van der Waals surface area contributed by atoms with Gasteiger partial charge in [-0.15, -0.1) is 11.8 Å². The first kappa shape index (κ1) is 45.8. The van der Waals surface area contributed by atoms with E-state index in [9.17, 15) is 38.7 Å². The number of carboxylic acids is 1. The lowest BCUT2D eigenvalue weighted by atomic mass is 9.99. The fourth-order valence-electron chi connectivity index (χ4n) is 7.07. The molecule has 6 rings (SSSR count). The Balaban J connectivity index is 1.20. The van der Waals surface area contributed by atoms with E-state index >= 15 is 0 Å². The number of aliphatic carboxylic acids is 1. The van der Waals surface area contributed by atoms with Crippen LogP contribution in [0.5, 0.6) is 0 Å². The number of carbonyl (C=O) groups is 7. The molecule has 1 aliphatic heterocycles. The van der Waals surface area contributed by atoms with Crippen LogP contribution in [0.4, 0.5) is 5.69 Å². The fourth-order valence-corrected chi connectivity index (χ4v) is 8.04. The van der Waals surface area contributed by atoms with Gasteiger partial charge in [-0.2, -0.15) is 0 Å². The van der Waals surface area contributed by atoms with Crippen LogP contribution in [0.3, 0.4) is 0 Å². The van der Waals surface area contributed by atoms with Gasteiger partial charge in [0.25, 0.3) is 0 Å². The number of carbonyl (C=O) groups excluding carboxylic acids is 6. The van der Waals surface area contributed by atoms with Crippen molar-refractivity contribution in [3.05, 3.63) is 138 Å². The highest BCUT2D eigenvalue weighted by Gasteiger charge is 2.52. The van der Waals surface area contributed by atoms with Crippen molar-refractivity contribution in [1.29, 1.82) is 0 Å². The van der Waals surface area contributed by atoms with Gasteiger partial charge in [0.05, 0.1) is 0 Å². The molecule has 1 unspecified atom stereocenters. The van der Waals surface area contributed by atoms with Gasteiger partial charge in [0, 0.05) is 36.6 Å². The second-order valence-electron chi connectivity index (χ2n) is 15.8. The van der Waals surface area contributed by atoms with Crippen molar-refractivity contribution in [2.24, 2.45) is 0 Å². The topological polar surface area (TPSA) is 212 Å². The molecule has 1 aliphatic carbocycles. The van der Waals surface area contributed by atoms with Gasteiger partial charge in [-0.3, -0.25) is 28.8 Å². The van der Waals surface area contributed by atoms with E-state index in [4.69, 9.17) is 0 Å². The Morgan fingerprint density at radius 2 is 1.14 bits per heavy atom. The first-order valence-corrected chi connectivity index (χ1v) is 21.9. The molecule has 1 fully saturated rings. The standard InChI is InChI=1S/C48H52N6O8S/c1-31(43(57)54-48(25-26-48)47(61)62)49-44(58)38(28-32-12-5-2-6-13-32)52-45(59)39(29-33-19-21-35(22-20-33)34-14-7-3-8-15-34)53-46(60)40(30-37-18-11-27-63-37)51-42(56)24-23-41(55)50-36-16-9-4-10-17-36/h2-17,19-22,27,31,37-40H,18,23-26,28-30H2,1H3,(H,49,58)(H,50,55)(H,51,56)(H,52,59)(H,53,60)(H,54,57)(H,61,62)/t31-,37?,38+,39-,40+/m0/s1. The lowest BCUT2D eigenvalue weighted by Gasteiger charge is -2.27. The normalized spacial score (nSPS) is 16.6. The summed E-state index contributed by atoms with van der Waals surface area (Å²) in [4.78, 5) is 93.4. The summed E-state index contributed by atoms with van der Waals surface area (Å²) in [6.45, 7) is 1.43. The van der Waals surface area contributed by atoms with Crippen LogP contribution in [0.15, 0.2) is 127 Å². The van der Waals surface area contributed by atoms with Crippen LogP contribution >= 0.6 is 11.8 Å². The van der Waals surface area contributed by atoms with E-state index in [0.717, 1.165) is 11.1 Å². The van der Waals surface area contributed by atoms with Gasteiger partial charge in [-0.25, -0.2) is 4.79 Å². The molecule has 6 amide bonds. The average molecular weight is 873 g/mol. The lowest BCUT2D eigenvalue weighted by molar-refractivity contribution is -0.143. The van der Waals surface area contributed by atoms with Crippen LogP contribution in [0.2, 0.25) is 0 Å². The first-order chi connectivity index (χ1) is 30.4. The lowest BCUT2D eigenvalue weighted by Crippen LogP contribution is -2.59. The van der Waals surface area contributed by atoms with Crippen molar-refractivity contribution in [1.82, 2.24) is 26.6 Å². The molecule has 2 aliphatic rings. The summed E-state index contributed by atoms with van der Waals surface area (Å²) in [7, 11) is 0. The minimum atomic E-state index is -1.36. The van der Waals surface area contributed by atoms with Crippen LogP contribution in [-0.2, 0) is 46.4 Å². The molecule has 4 aromatic carbocycles. The van der Waals surface area contributed by atoms with E-state index in [2.05, 4.69) is 31.9 Å². The number of thioether (sulfide) groups is 1. The number of allylic oxidation sites excluding steroid dienone is 1. The zero-order valence-electron chi connectivity index (χ0n) is 34.9. The number of para-hydroxylation sites is 1. The van der Waals surface area contributed by atoms with Gasteiger partial charge in [0.2, 0.25) is 35.4 Å². The SMILES string of the molecule is C[C@H](NC(=O)[C@@H](Cc1ccccc1)NC(=O)[C@H](Cc1ccc(-c2ccccc2)cc1)NC(=O)[C@@H](CC1CC=CS1)NC(=O)CCC(=O)Nc1ccccc1)C(=O)NC1(C(=O)O)CC1. The van der Waals surface area contributed by atoms with Gasteiger partial charge in [0.1, 0.15) is 29.7 Å². The highest BCUT2D eigenvalue weighted by atomic mass is 32.2. The van der Waals surface area contributed by atoms with Crippen molar-refractivity contribution in [3.8, 4) is 11.1 Å². The van der Waals surface area contributed by atoms with Crippen LogP contribution in [0.25, 0.3) is 11.1 Å². The predicted molar refractivity (Wildman–Crippen MR) is 241 cm³/mol. The van der Waals surface area contributed by atoms with E-state index < -0.39 is 65.2 Å². The molecule has 1 saturated carbocycles. The minimum absolute atomic E-state index is 0.0163. The van der Waals surface area contributed by atoms with Crippen LogP contribution in [0.1, 0.15) is 56.6 Å². The van der Waals surface area contributed by atoms with Crippen LogP contribution < -0.4 is 31.9 Å². The predicted octanol–water partition coefficient (Wildman–Crippen LogP) is 4.66. The molecule has 15 heteroatoms. The molecular weight excluding hydrogens is 821 g/mol. The molecule has 0 spiro atoms. The molecule has 7 N–H and O–H groups in total. The monoisotopic (exact) mass is 872 g/mol. The minimum Gasteiger partial charge on any atom is -0.480 e. The summed E-state index contributed by atoms with van der Waals surface area (Å²) in [5.74, 6) is -4.71. The summed E-state index contributed by atoms with van der Waals surface area (Å²) in [6.07, 6.45) is 3.19. The quantitative estimate of drug-likeness (QED) is 0.0620. The van der Waals surface area contributed by atoms with Gasteiger partial charge in [-0.05, 0) is 72.4 Å². The summed E-state index contributed by atoms with van der Waals surface area (Å²) in [5.41, 5.74) is 2.58. The Labute approximate surface area is 370 Å². The molecular formula is C48H52N6O8S. The van der Waals surface area contributed by atoms with Gasteiger partial charge in [0.15, 0.2) is 0 Å². The Morgan fingerprint density at radius 1 is 0.619 bits per heavy atom. The third-order valence-electron chi connectivity index (χ3n) is 10.9. The summed E-state index contributed by atoms with van der Waals surface area (Å²) >= 11 is 1.53. The zero-order chi connectivity index (χ0) is 44.8. The summed E-state index contributed by atoms with van der Waals surface area (Å²) in [5, 5.41) is 27.9. The summed E-state index contributed by atoms with van der Waals surface area (Å²) < 4.78 is 0. The largest absolute Gasteiger partial charge is 0.480 e. The number of rotatable bonds is 21. The molecule has 0 saturated heterocycles. The van der Waals surface area contributed by atoms with E-state index in [1.165, 1.54) is 18.7 Å². The van der Waals surface area contributed by atoms with E-state index in [1.807, 2.05) is 78.2 Å². The average Bonchev–Trinajstić information content (AvgIpc) is 3.89. The second kappa shape index (κ2) is 21.9. The maximum atomic E-state index is 14.5. The first-order valence-electron chi connectivity index (χ1n) is 21.0. The Bertz CT molecular complexity index is 2260. The van der Waals surface area contributed by atoms with Crippen molar-refractivity contribution in [2.75, 3.05) is 5.32 Å². The molecule has 0 radical (unpaired) electrons. The van der Waals surface area contributed by atoms with Gasteiger partial charge >= 0.3 is 5.97 Å². The molecule has 14 nitrogen and oxygen atoms in total. The number of amides is 6. The van der Waals surface area contributed by atoms with Crippen LogP contribution in [0, 0.1) is 0 Å². The third kappa shape index (κ3) is 13.6. The van der Waals surface area contributed by atoms with Gasteiger partial charge in [-0.1, -0.05) is 109 Å². The van der Waals surface area contributed by atoms with Crippen LogP contribution in [-0.4, -0.2) is 81.5 Å². The summed E-state index contributed by atoms with van der Waals surface area (Å²) in [6, 6.07) is 30.4. The smallest absolute Gasteiger partial charge is 0.329 e. The number of carboxylic acid groups (broad SMARTS) is 1. The van der Waals surface area contributed by atoms with Crippen molar-refractivity contribution >= 4 is 58.9 Å². The molecule has 0 aromatic heterocycles. The molecule has 0 bridgehead atoms. The fraction of sp³-hybridized carbons (Fsp3) is 0.312. The van der Waals surface area contributed by atoms with E-state index in [0.29, 0.717) is 23.2 Å². The molecule has 63 heavy (non-hydrogen) atoms. The van der Waals surface area contributed by atoms with Crippen molar-refractivity contribution in [2.45, 2.75) is 93.2 Å². The molecule has 1 heterocycles. The maximum absolute atomic E-state index is 14.5. The number of anilines is 1. The Hall–Kier alpha value is -6.74. The molecule has 4 aromatic rings. The molecule has 328 valence electrons. The number of hydrogen-bond acceptors (Lipinski definition) is 8. The number of nitrogens with one attached hydrogen (secondary N) is 6. The van der Waals surface area contributed by atoms with Crippen molar-refractivity contribution in [3.63, 3.8) is 0 Å². The van der Waals surface area contributed by atoms with Gasteiger partial charge < -0.3 is 37.0 Å². The third-order valence-corrected chi connectivity index (χ3v) is 12.0. The van der Waals surface area contributed by atoms with E-state index in [-0.39, 0.29) is 56.1 Å². The Morgan fingerprint density at radius 3 is 1.71 bits per heavy atom. The highest BCUT2D eigenvalue weighted by Crippen LogP contribution is 2.35. The number of benzene rings is 4. The second-order valence-corrected chi connectivity index (χ2v) is 17.0. The van der Waals surface area contributed by atoms with Crippen molar-refractivity contribution < 1.29 is 38.7 Å². The zero-order valence-corrected chi connectivity index (χ0v) is 35.7. The number of hydrogen-bond donors (Lipinski definition) is 7. The Kier molecular flexibility index (Phi) is 15.9. The molecule has 5 atom stereocenters. The van der Waals surface area contributed by atoms with E-state index in [1.54, 1.807) is 48.5 Å². The highest BCUT2D eigenvalue weighted by molar-refractivity contribution is 8.03.